The molecule has 5 rings (SSSR count). The second-order valence-electron chi connectivity index (χ2n) is 9.31. The monoisotopic (exact) mass is 520 g/mol. The Balaban J connectivity index is 1.45. The van der Waals surface area contributed by atoms with Crippen molar-refractivity contribution < 1.29 is 18.6 Å². The van der Waals surface area contributed by atoms with Gasteiger partial charge in [0, 0.05) is 48.0 Å². The van der Waals surface area contributed by atoms with Gasteiger partial charge in [-0.25, -0.2) is 23.7 Å². The number of ether oxygens (including phenoxy) is 1. The van der Waals surface area contributed by atoms with Crippen LogP contribution in [0.5, 0.6) is 11.6 Å². The van der Waals surface area contributed by atoms with Gasteiger partial charge in [0.05, 0.1) is 11.3 Å². The lowest BCUT2D eigenvalue weighted by Gasteiger charge is -2.23. The molecule has 0 spiro atoms. The van der Waals surface area contributed by atoms with Gasteiger partial charge in [0.1, 0.15) is 11.9 Å². The molecule has 1 aliphatic rings. The van der Waals surface area contributed by atoms with Crippen molar-refractivity contribution in [3.05, 3.63) is 66.5 Å². The van der Waals surface area contributed by atoms with Crippen molar-refractivity contribution in [2.45, 2.75) is 38.3 Å². The summed E-state index contributed by atoms with van der Waals surface area (Å²) in [6, 6.07) is 15.1. The van der Waals surface area contributed by atoms with Crippen LogP contribution in [0.15, 0.2) is 60.9 Å². The molecule has 2 atom stereocenters. The van der Waals surface area contributed by atoms with Crippen LogP contribution in [0.3, 0.4) is 0 Å². The molecule has 0 saturated carbocycles. The quantitative estimate of drug-likeness (QED) is 0.245. The summed E-state index contributed by atoms with van der Waals surface area (Å²) in [6.45, 7) is 3.56. The Morgan fingerprint density at radius 3 is 2.79 bits per heavy atom. The fraction of sp³-hybridized carbons (Fsp3) is 0.321. The minimum atomic E-state index is -2.82. The number of hydrogen-bond acceptors (Lipinski definition) is 8. The van der Waals surface area contributed by atoms with Gasteiger partial charge in [0.25, 0.3) is 6.43 Å². The topological polar surface area (TPSA) is 104 Å². The maximum atomic E-state index is 12.8. The Morgan fingerprint density at radius 2 is 1.97 bits per heavy atom. The molecular weight excluding hydrogens is 490 g/mol. The number of alkyl halides is 2. The van der Waals surface area contributed by atoms with Gasteiger partial charge in [-0.1, -0.05) is 24.3 Å². The molecule has 0 radical (unpaired) electrons. The number of aryl methyl sites for hydroxylation is 1. The molecule has 10 heteroatoms. The van der Waals surface area contributed by atoms with Gasteiger partial charge in [-0.05, 0) is 56.1 Å². The van der Waals surface area contributed by atoms with E-state index in [0.29, 0.717) is 34.5 Å². The van der Waals surface area contributed by atoms with Crippen LogP contribution in [0, 0.1) is 6.92 Å². The summed E-state index contributed by atoms with van der Waals surface area (Å²) in [6.07, 6.45) is 0.952. The van der Waals surface area contributed by atoms with Gasteiger partial charge in [-0.3, -0.25) is 0 Å². The van der Waals surface area contributed by atoms with Crippen LogP contribution >= 0.6 is 0 Å². The fourth-order valence-corrected chi connectivity index (χ4v) is 4.53. The summed E-state index contributed by atoms with van der Waals surface area (Å²) in [5.74, 6) is 1.54. The van der Waals surface area contributed by atoms with Crippen molar-refractivity contribution in [2.75, 3.05) is 30.3 Å². The number of pyridine rings is 1. The molecule has 1 aliphatic heterocycles. The fourth-order valence-electron chi connectivity index (χ4n) is 4.53. The number of nitrogens with one attached hydrogen (secondary N) is 3. The summed E-state index contributed by atoms with van der Waals surface area (Å²) in [5, 5.41) is 20.8. The third kappa shape index (κ3) is 5.81. The highest BCUT2D eigenvalue weighted by atomic mass is 19.3. The molecular formula is C28H30F2N6O2. The van der Waals surface area contributed by atoms with E-state index in [4.69, 9.17) is 9.72 Å². The van der Waals surface area contributed by atoms with Crippen molar-refractivity contribution in [1.82, 2.24) is 20.3 Å². The third-order valence-corrected chi connectivity index (χ3v) is 6.53. The summed E-state index contributed by atoms with van der Waals surface area (Å²) in [4.78, 5) is 13.6. The first kappa shape index (κ1) is 25.7. The van der Waals surface area contributed by atoms with Gasteiger partial charge in [0.15, 0.2) is 0 Å². The number of nitrogens with zero attached hydrogens (tertiary/aromatic N) is 3. The number of piperidine rings is 1. The van der Waals surface area contributed by atoms with Crippen LogP contribution in [-0.4, -0.2) is 58.3 Å². The van der Waals surface area contributed by atoms with E-state index in [1.807, 2.05) is 49.4 Å². The Bertz CT molecular complexity index is 1400. The summed E-state index contributed by atoms with van der Waals surface area (Å²) in [7, 11) is 0. The van der Waals surface area contributed by atoms with Crippen LogP contribution < -0.4 is 20.7 Å². The van der Waals surface area contributed by atoms with Crippen molar-refractivity contribution >= 4 is 22.4 Å². The van der Waals surface area contributed by atoms with E-state index in [9.17, 15) is 13.9 Å². The van der Waals surface area contributed by atoms with E-state index in [-0.39, 0.29) is 12.6 Å². The van der Waals surface area contributed by atoms with E-state index < -0.39 is 12.5 Å². The Hall–Kier alpha value is -3.89. The Morgan fingerprint density at radius 1 is 1.08 bits per heavy atom. The average Bonchev–Trinajstić information content (AvgIpc) is 2.94. The second kappa shape index (κ2) is 11.7. The standard InChI is InChI=1S/C28H30F2N6O2/c1-17-9-10-19-20(6-2-8-22(19)34-16-24(37)26(29)30)25(17)38-27-21(7-4-13-32-27)23-11-14-33-28(36-23)35-18-5-3-12-31-15-18/h2,4,6-11,13-14,18,24,26,31,34,37H,3,5,12,15-16H2,1H3,(H,33,35,36). The molecule has 0 bridgehead atoms. The zero-order valence-electron chi connectivity index (χ0n) is 21.0. The number of hydrogen-bond donors (Lipinski definition) is 4. The van der Waals surface area contributed by atoms with Gasteiger partial charge in [0.2, 0.25) is 11.8 Å². The normalized spacial score (nSPS) is 16.4. The molecule has 3 heterocycles. The SMILES string of the molecule is Cc1ccc2c(NCC(O)C(F)F)cccc2c1Oc1ncccc1-c1ccnc(NC2CCCNC2)n1. The summed E-state index contributed by atoms with van der Waals surface area (Å²) in [5.41, 5.74) is 2.90. The number of aliphatic hydroxyl groups is 1. The predicted octanol–water partition coefficient (Wildman–Crippen LogP) is 4.99. The van der Waals surface area contributed by atoms with E-state index in [0.717, 1.165) is 42.3 Å². The zero-order valence-corrected chi connectivity index (χ0v) is 21.0. The molecule has 2 unspecified atom stereocenters. The minimum Gasteiger partial charge on any atom is -0.437 e. The largest absolute Gasteiger partial charge is 0.437 e. The Kier molecular flexibility index (Phi) is 7.90. The number of anilines is 2. The molecule has 1 saturated heterocycles. The lowest BCUT2D eigenvalue weighted by Crippen LogP contribution is -2.38. The van der Waals surface area contributed by atoms with Gasteiger partial charge < -0.3 is 25.8 Å². The number of halogens is 2. The van der Waals surface area contributed by atoms with Crippen LogP contribution in [-0.2, 0) is 0 Å². The van der Waals surface area contributed by atoms with Crippen molar-refractivity contribution in [3.8, 4) is 22.9 Å². The minimum absolute atomic E-state index is 0.270. The van der Waals surface area contributed by atoms with Crippen LogP contribution in [0.25, 0.3) is 22.0 Å². The van der Waals surface area contributed by atoms with E-state index in [2.05, 4.69) is 25.9 Å². The first-order chi connectivity index (χ1) is 18.5. The molecule has 8 nitrogen and oxygen atoms in total. The average molecular weight is 521 g/mol. The first-order valence-corrected chi connectivity index (χ1v) is 12.7. The zero-order chi connectivity index (χ0) is 26.5. The van der Waals surface area contributed by atoms with Gasteiger partial charge in [-0.2, -0.15) is 0 Å². The van der Waals surface area contributed by atoms with E-state index in [1.54, 1.807) is 18.5 Å². The molecule has 4 N–H and O–H groups in total. The molecule has 2 aromatic heterocycles. The van der Waals surface area contributed by atoms with Crippen LogP contribution in [0.2, 0.25) is 0 Å². The van der Waals surface area contributed by atoms with E-state index in [1.165, 1.54) is 0 Å². The maximum absolute atomic E-state index is 12.8. The predicted molar refractivity (Wildman–Crippen MR) is 144 cm³/mol. The second-order valence-corrected chi connectivity index (χ2v) is 9.31. The number of benzene rings is 2. The summed E-state index contributed by atoms with van der Waals surface area (Å²) >= 11 is 0. The number of aromatic nitrogens is 3. The van der Waals surface area contributed by atoms with Gasteiger partial charge in [-0.15, -0.1) is 0 Å². The van der Waals surface area contributed by atoms with Gasteiger partial charge >= 0.3 is 0 Å². The highest BCUT2D eigenvalue weighted by molar-refractivity contribution is 5.98. The molecule has 1 fully saturated rings. The molecule has 2 aromatic carbocycles. The third-order valence-electron chi connectivity index (χ3n) is 6.53. The number of aliphatic hydroxyl groups excluding tert-OH is 1. The number of fused-ring (bicyclic) bond motifs is 1. The molecule has 0 amide bonds. The van der Waals surface area contributed by atoms with Crippen molar-refractivity contribution in [2.24, 2.45) is 0 Å². The lowest BCUT2D eigenvalue weighted by atomic mass is 10.0. The highest BCUT2D eigenvalue weighted by Gasteiger charge is 2.19. The maximum Gasteiger partial charge on any atom is 0.265 e. The molecule has 38 heavy (non-hydrogen) atoms. The first-order valence-electron chi connectivity index (χ1n) is 12.7. The molecule has 0 aliphatic carbocycles. The highest BCUT2D eigenvalue weighted by Crippen LogP contribution is 2.38. The van der Waals surface area contributed by atoms with Crippen LogP contribution in [0.4, 0.5) is 20.4 Å². The number of rotatable bonds is 9. The molecule has 4 aromatic rings. The van der Waals surface area contributed by atoms with Crippen molar-refractivity contribution in [3.63, 3.8) is 0 Å². The van der Waals surface area contributed by atoms with Crippen molar-refractivity contribution in [1.29, 1.82) is 0 Å². The smallest absolute Gasteiger partial charge is 0.265 e. The lowest BCUT2D eigenvalue weighted by molar-refractivity contribution is 0.00386. The summed E-state index contributed by atoms with van der Waals surface area (Å²) < 4.78 is 32.0. The van der Waals surface area contributed by atoms with Crippen LogP contribution in [0.1, 0.15) is 18.4 Å². The molecule has 198 valence electrons. The Labute approximate surface area is 219 Å². The van der Waals surface area contributed by atoms with E-state index >= 15 is 0 Å².